The molecule has 4 nitrogen and oxygen atoms in total. The highest BCUT2D eigenvalue weighted by Gasteiger charge is 2.29. The molecular weight excluding hydrogens is 262 g/mol. The Kier molecular flexibility index (Phi) is 3.24. The second-order valence-electron chi connectivity index (χ2n) is 5.80. The van der Waals surface area contributed by atoms with Gasteiger partial charge in [0, 0.05) is 35.7 Å². The Morgan fingerprint density at radius 2 is 1.95 bits per heavy atom. The minimum absolute atomic E-state index is 0.0794. The Morgan fingerprint density at radius 1 is 1.19 bits per heavy atom. The summed E-state index contributed by atoms with van der Waals surface area (Å²) in [5.74, 6) is 0.0794. The maximum absolute atomic E-state index is 12.8. The van der Waals surface area contributed by atoms with Crippen molar-refractivity contribution in [3.8, 4) is 0 Å². The first-order valence-electron chi connectivity index (χ1n) is 7.32. The fraction of sp³-hybridized carbons (Fsp3) is 0.353. The number of nitrogens with two attached hydrogens (primary N) is 1. The molecule has 1 unspecified atom stereocenters. The zero-order valence-electron chi connectivity index (χ0n) is 12.8. The van der Waals surface area contributed by atoms with Gasteiger partial charge in [-0.05, 0) is 56.7 Å². The number of carbonyl (C=O) groups is 1. The van der Waals surface area contributed by atoms with Gasteiger partial charge in [-0.25, -0.2) is 0 Å². The quantitative estimate of drug-likeness (QED) is 0.818. The Bertz CT molecular complexity index is 702. The number of nitrogens with zero attached hydrogens (tertiary/aromatic N) is 2. The van der Waals surface area contributed by atoms with Crippen LogP contribution in [-0.4, -0.2) is 21.9 Å². The topological polar surface area (TPSA) is 51.3 Å². The van der Waals surface area contributed by atoms with Gasteiger partial charge in [-0.15, -0.1) is 0 Å². The van der Waals surface area contributed by atoms with Gasteiger partial charge < -0.3 is 15.2 Å². The number of aromatic nitrogens is 1. The summed E-state index contributed by atoms with van der Waals surface area (Å²) in [6, 6.07) is 9.84. The molecule has 21 heavy (non-hydrogen) atoms. The minimum atomic E-state index is 0.0794. The lowest BCUT2D eigenvalue weighted by atomic mass is 10.1. The zero-order valence-corrected chi connectivity index (χ0v) is 12.8. The fourth-order valence-corrected chi connectivity index (χ4v) is 3.07. The monoisotopic (exact) mass is 283 g/mol. The van der Waals surface area contributed by atoms with Crippen molar-refractivity contribution in [2.24, 2.45) is 0 Å². The summed E-state index contributed by atoms with van der Waals surface area (Å²) in [7, 11) is 0. The summed E-state index contributed by atoms with van der Waals surface area (Å²) < 4.78 is 2.29. The number of amides is 1. The molecule has 0 bridgehead atoms. The summed E-state index contributed by atoms with van der Waals surface area (Å²) in [5.41, 5.74) is 10.7. The molecule has 2 aromatic rings. The molecule has 1 amide bonds. The number of nitrogen functional groups attached to an aromatic ring is 1. The van der Waals surface area contributed by atoms with Crippen molar-refractivity contribution in [3.63, 3.8) is 0 Å². The van der Waals surface area contributed by atoms with Crippen LogP contribution in [0.2, 0.25) is 0 Å². The number of aryl methyl sites for hydroxylation is 2. The van der Waals surface area contributed by atoms with Gasteiger partial charge in [0.1, 0.15) is 0 Å². The van der Waals surface area contributed by atoms with E-state index < -0.39 is 0 Å². The van der Waals surface area contributed by atoms with Crippen LogP contribution >= 0.6 is 0 Å². The van der Waals surface area contributed by atoms with E-state index in [1.807, 2.05) is 30.0 Å². The van der Waals surface area contributed by atoms with Gasteiger partial charge in [-0.3, -0.25) is 4.79 Å². The summed E-state index contributed by atoms with van der Waals surface area (Å²) in [4.78, 5) is 14.7. The third kappa shape index (κ3) is 2.20. The third-order valence-electron chi connectivity index (χ3n) is 4.47. The molecule has 0 saturated heterocycles. The number of benzene rings is 1. The third-order valence-corrected chi connectivity index (χ3v) is 4.47. The van der Waals surface area contributed by atoms with E-state index in [2.05, 4.69) is 30.5 Å². The lowest BCUT2D eigenvalue weighted by Gasteiger charge is -2.35. The van der Waals surface area contributed by atoms with E-state index in [0.29, 0.717) is 5.56 Å². The molecule has 110 valence electrons. The Morgan fingerprint density at radius 3 is 2.67 bits per heavy atom. The number of hydrogen-bond acceptors (Lipinski definition) is 2. The molecule has 1 aromatic heterocycles. The molecular formula is C17H21N3O. The minimum Gasteiger partial charge on any atom is -0.399 e. The van der Waals surface area contributed by atoms with Crippen LogP contribution in [0.4, 0.5) is 5.69 Å². The van der Waals surface area contributed by atoms with Gasteiger partial charge in [0.2, 0.25) is 0 Å². The summed E-state index contributed by atoms with van der Waals surface area (Å²) in [6.45, 7) is 7.73. The van der Waals surface area contributed by atoms with Gasteiger partial charge in [0.15, 0.2) is 0 Å². The Balaban J connectivity index is 1.91. The van der Waals surface area contributed by atoms with Crippen LogP contribution in [0, 0.1) is 13.8 Å². The Hall–Kier alpha value is -2.23. The molecule has 1 aromatic carbocycles. The lowest BCUT2D eigenvalue weighted by molar-refractivity contribution is 0.0643. The maximum Gasteiger partial charge on any atom is 0.254 e. The molecule has 3 rings (SSSR count). The number of rotatable bonds is 1. The van der Waals surface area contributed by atoms with Crippen LogP contribution in [-0.2, 0) is 6.54 Å². The number of anilines is 1. The van der Waals surface area contributed by atoms with Crippen LogP contribution in [0.5, 0.6) is 0 Å². The molecule has 2 N–H and O–H groups in total. The zero-order chi connectivity index (χ0) is 15.1. The van der Waals surface area contributed by atoms with Crippen molar-refractivity contribution < 1.29 is 4.79 Å². The van der Waals surface area contributed by atoms with E-state index in [1.165, 1.54) is 11.4 Å². The van der Waals surface area contributed by atoms with Gasteiger partial charge >= 0.3 is 0 Å². The average molecular weight is 283 g/mol. The number of fused-ring (bicyclic) bond motifs is 1. The van der Waals surface area contributed by atoms with Crippen molar-refractivity contribution >= 4 is 11.6 Å². The van der Waals surface area contributed by atoms with Gasteiger partial charge in [0.25, 0.3) is 5.91 Å². The van der Waals surface area contributed by atoms with Gasteiger partial charge in [-0.1, -0.05) is 0 Å². The van der Waals surface area contributed by atoms with Crippen molar-refractivity contribution in [1.29, 1.82) is 0 Å². The first-order valence-corrected chi connectivity index (χ1v) is 7.32. The Labute approximate surface area is 125 Å². The fourth-order valence-electron chi connectivity index (χ4n) is 3.07. The van der Waals surface area contributed by atoms with E-state index in [0.717, 1.165) is 24.3 Å². The SMILES string of the molecule is Cc1cc(C(=O)N2CCn3c(C)ccc3C2C)ccc1N. The molecule has 2 heterocycles. The standard InChI is InChI=1S/C17H21N3O/c1-11-10-14(5-6-15(11)18)17(21)20-9-8-19-12(2)4-7-16(19)13(20)3/h4-7,10,13H,8-9,18H2,1-3H3. The summed E-state index contributed by atoms with van der Waals surface area (Å²) >= 11 is 0. The predicted octanol–water partition coefficient (Wildman–Crippen LogP) is 2.90. The molecule has 0 aliphatic carbocycles. The van der Waals surface area contributed by atoms with E-state index in [-0.39, 0.29) is 11.9 Å². The van der Waals surface area contributed by atoms with Gasteiger partial charge in [0.05, 0.1) is 6.04 Å². The van der Waals surface area contributed by atoms with Crippen LogP contribution in [0.25, 0.3) is 0 Å². The van der Waals surface area contributed by atoms with Crippen LogP contribution in [0.1, 0.15) is 40.3 Å². The largest absolute Gasteiger partial charge is 0.399 e. The first-order chi connectivity index (χ1) is 9.99. The van der Waals surface area contributed by atoms with E-state index in [9.17, 15) is 4.79 Å². The van der Waals surface area contributed by atoms with Crippen molar-refractivity contribution in [3.05, 3.63) is 52.8 Å². The highest BCUT2D eigenvalue weighted by atomic mass is 16.2. The highest BCUT2D eigenvalue weighted by Crippen LogP contribution is 2.28. The lowest BCUT2D eigenvalue weighted by Crippen LogP contribution is -2.41. The number of hydrogen-bond donors (Lipinski definition) is 1. The predicted molar refractivity (Wildman–Crippen MR) is 84.2 cm³/mol. The second-order valence-corrected chi connectivity index (χ2v) is 5.80. The van der Waals surface area contributed by atoms with Gasteiger partial charge in [-0.2, -0.15) is 0 Å². The molecule has 0 fully saturated rings. The van der Waals surface area contributed by atoms with Crippen LogP contribution in [0.3, 0.4) is 0 Å². The molecule has 0 radical (unpaired) electrons. The number of carbonyl (C=O) groups excluding carboxylic acids is 1. The molecule has 4 heteroatoms. The molecule has 0 spiro atoms. The van der Waals surface area contributed by atoms with Crippen LogP contribution in [0.15, 0.2) is 30.3 Å². The maximum atomic E-state index is 12.8. The van der Waals surface area contributed by atoms with E-state index in [1.54, 1.807) is 0 Å². The first kappa shape index (κ1) is 13.7. The van der Waals surface area contributed by atoms with E-state index in [4.69, 9.17) is 5.73 Å². The van der Waals surface area contributed by atoms with Crippen molar-refractivity contribution in [2.75, 3.05) is 12.3 Å². The molecule has 1 aliphatic heterocycles. The summed E-state index contributed by atoms with van der Waals surface area (Å²) in [6.07, 6.45) is 0. The average Bonchev–Trinajstić information content (AvgIpc) is 2.84. The highest BCUT2D eigenvalue weighted by molar-refractivity contribution is 5.95. The summed E-state index contributed by atoms with van der Waals surface area (Å²) in [5, 5.41) is 0. The molecule has 0 saturated carbocycles. The normalized spacial score (nSPS) is 17.7. The second kappa shape index (κ2) is 4.95. The molecule has 1 aliphatic rings. The van der Waals surface area contributed by atoms with Crippen LogP contribution < -0.4 is 5.73 Å². The smallest absolute Gasteiger partial charge is 0.254 e. The van der Waals surface area contributed by atoms with Crippen molar-refractivity contribution in [2.45, 2.75) is 33.4 Å². The van der Waals surface area contributed by atoms with Crippen molar-refractivity contribution in [1.82, 2.24) is 9.47 Å². The molecule has 1 atom stereocenters. The van der Waals surface area contributed by atoms with E-state index >= 15 is 0 Å².